The van der Waals surface area contributed by atoms with E-state index in [4.69, 9.17) is 9.15 Å². The summed E-state index contributed by atoms with van der Waals surface area (Å²) in [5.41, 5.74) is 1.26. The number of aromatic nitrogens is 2. The maximum atomic E-state index is 12.6. The second-order valence-electron chi connectivity index (χ2n) is 5.63. The molecule has 0 aliphatic heterocycles. The number of carbonyl (C=O) groups is 1. The number of anilines is 1. The fourth-order valence-corrected chi connectivity index (χ4v) is 2.73. The molecule has 0 radical (unpaired) electrons. The van der Waals surface area contributed by atoms with Gasteiger partial charge in [0.05, 0.1) is 7.11 Å². The quantitative estimate of drug-likeness (QED) is 0.601. The van der Waals surface area contributed by atoms with Crippen molar-refractivity contribution in [2.24, 2.45) is 0 Å². The molecule has 0 aliphatic rings. The number of hydrogen-bond acceptors (Lipinski definition) is 5. The van der Waals surface area contributed by atoms with Crippen molar-refractivity contribution in [3.63, 3.8) is 0 Å². The van der Waals surface area contributed by atoms with Crippen LogP contribution in [0.1, 0.15) is 10.4 Å². The third-order valence-electron chi connectivity index (χ3n) is 4.00. The molecule has 0 saturated carbocycles. The molecule has 0 unspecified atom stereocenters. The summed E-state index contributed by atoms with van der Waals surface area (Å²) in [7, 11) is 1.59. The van der Waals surface area contributed by atoms with Gasteiger partial charge in [-0.2, -0.15) is 0 Å². The fourth-order valence-electron chi connectivity index (χ4n) is 2.73. The predicted molar refractivity (Wildman–Crippen MR) is 98.2 cm³/mol. The SMILES string of the molecule is COc1cccc(-c2nnc(NC(=O)c3cccc4ccccc34)o2)c1. The van der Waals surface area contributed by atoms with E-state index in [1.54, 1.807) is 19.2 Å². The Kier molecular flexibility index (Phi) is 4.07. The molecule has 0 atom stereocenters. The number of ether oxygens (including phenoxy) is 1. The Labute approximate surface area is 149 Å². The Balaban J connectivity index is 1.60. The van der Waals surface area contributed by atoms with Gasteiger partial charge in [-0.15, -0.1) is 5.10 Å². The zero-order chi connectivity index (χ0) is 17.9. The van der Waals surface area contributed by atoms with Crippen molar-refractivity contribution in [3.05, 3.63) is 72.3 Å². The smallest absolute Gasteiger partial charge is 0.322 e. The minimum absolute atomic E-state index is 0.0424. The minimum Gasteiger partial charge on any atom is -0.497 e. The lowest BCUT2D eigenvalue weighted by molar-refractivity contribution is 0.102. The average Bonchev–Trinajstić information content (AvgIpc) is 3.16. The Bertz CT molecular complexity index is 1080. The lowest BCUT2D eigenvalue weighted by atomic mass is 10.0. The van der Waals surface area contributed by atoms with E-state index in [1.807, 2.05) is 54.6 Å². The molecule has 0 bridgehead atoms. The third-order valence-corrected chi connectivity index (χ3v) is 4.00. The van der Waals surface area contributed by atoms with Gasteiger partial charge in [0.25, 0.3) is 5.91 Å². The lowest BCUT2D eigenvalue weighted by Gasteiger charge is -2.05. The van der Waals surface area contributed by atoms with Gasteiger partial charge in [0.1, 0.15) is 5.75 Å². The number of amides is 1. The summed E-state index contributed by atoms with van der Waals surface area (Å²) < 4.78 is 10.8. The first kappa shape index (κ1) is 15.8. The largest absolute Gasteiger partial charge is 0.497 e. The monoisotopic (exact) mass is 345 g/mol. The first-order chi connectivity index (χ1) is 12.7. The van der Waals surface area contributed by atoms with Crippen molar-refractivity contribution < 1.29 is 13.9 Å². The topological polar surface area (TPSA) is 77.3 Å². The van der Waals surface area contributed by atoms with Crippen LogP contribution in [0.15, 0.2) is 71.1 Å². The number of nitrogens with zero attached hydrogens (tertiary/aromatic N) is 2. The summed E-state index contributed by atoms with van der Waals surface area (Å²) in [6.07, 6.45) is 0. The molecule has 4 rings (SSSR count). The molecule has 128 valence electrons. The second-order valence-corrected chi connectivity index (χ2v) is 5.63. The van der Waals surface area contributed by atoms with Crippen molar-refractivity contribution in [3.8, 4) is 17.2 Å². The van der Waals surface area contributed by atoms with E-state index in [1.165, 1.54) is 0 Å². The fraction of sp³-hybridized carbons (Fsp3) is 0.0500. The van der Waals surface area contributed by atoms with Crippen LogP contribution in [0.3, 0.4) is 0 Å². The first-order valence-electron chi connectivity index (χ1n) is 8.01. The van der Waals surface area contributed by atoms with Crippen LogP contribution in [0.4, 0.5) is 6.01 Å². The number of benzene rings is 3. The maximum Gasteiger partial charge on any atom is 0.322 e. The van der Waals surface area contributed by atoms with Gasteiger partial charge in [0, 0.05) is 11.1 Å². The number of rotatable bonds is 4. The van der Waals surface area contributed by atoms with Crippen LogP contribution in [0.5, 0.6) is 5.75 Å². The molecule has 0 spiro atoms. The van der Waals surface area contributed by atoms with Gasteiger partial charge in [0.15, 0.2) is 0 Å². The van der Waals surface area contributed by atoms with Gasteiger partial charge in [-0.25, -0.2) is 0 Å². The zero-order valence-corrected chi connectivity index (χ0v) is 14.0. The van der Waals surface area contributed by atoms with Gasteiger partial charge < -0.3 is 9.15 Å². The van der Waals surface area contributed by atoms with Crippen molar-refractivity contribution >= 4 is 22.7 Å². The summed E-state index contributed by atoms with van der Waals surface area (Å²) in [5.74, 6) is 0.682. The molecular formula is C20H15N3O3. The summed E-state index contributed by atoms with van der Waals surface area (Å²) in [4.78, 5) is 12.6. The summed E-state index contributed by atoms with van der Waals surface area (Å²) in [6, 6.07) is 20.5. The number of nitrogens with one attached hydrogen (secondary N) is 1. The molecule has 6 heteroatoms. The molecule has 1 N–H and O–H groups in total. The molecule has 4 aromatic rings. The number of fused-ring (bicyclic) bond motifs is 1. The van der Waals surface area contributed by atoms with E-state index in [2.05, 4.69) is 15.5 Å². The molecular weight excluding hydrogens is 330 g/mol. The Hall–Kier alpha value is -3.67. The highest BCUT2D eigenvalue weighted by atomic mass is 16.5. The second kappa shape index (κ2) is 6.68. The van der Waals surface area contributed by atoms with Gasteiger partial charge in [-0.3, -0.25) is 10.1 Å². The van der Waals surface area contributed by atoms with Crippen LogP contribution in [-0.4, -0.2) is 23.2 Å². The highest BCUT2D eigenvalue weighted by Gasteiger charge is 2.15. The van der Waals surface area contributed by atoms with Gasteiger partial charge in [-0.1, -0.05) is 47.6 Å². The van der Waals surface area contributed by atoms with Crippen LogP contribution >= 0.6 is 0 Å². The van der Waals surface area contributed by atoms with Crippen LogP contribution in [0, 0.1) is 0 Å². The lowest BCUT2D eigenvalue weighted by Crippen LogP contribution is -2.12. The molecule has 0 fully saturated rings. The average molecular weight is 345 g/mol. The van der Waals surface area contributed by atoms with Crippen LogP contribution in [0.2, 0.25) is 0 Å². The van der Waals surface area contributed by atoms with Crippen molar-refractivity contribution in [2.45, 2.75) is 0 Å². The van der Waals surface area contributed by atoms with E-state index >= 15 is 0 Å². The normalized spacial score (nSPS) is 10.7. The molecule has 3 aromatic carbocycles. The predicted octanol–water partition coefficient (Wildman–Crippen LogP) is 4.15. The number of carbonyl (C=O) groups excluding carboxylic acids is 1. The van der Waals surface area contributed by atoms with Gasteiger partial charge in [-0.05, 0) is 35.0 Å². The molecule has 1 aromatic heterocycles. The van der Waals surface area contributed by atoms with Gasteiger partial charge >= 0.3 is 6.01 Å². The molecule has 0 aliphatic carbocycles. The third kappa shape index (κ3) is 3.00. The van der Waals surface area contributed by atoms with Crippen molar-refractivity contribution in [1.29, 1.82) is 0 Å². The first-order valence-corrected chi connectivity index (χ1v) is 8.01. The highest BCUT2D eigenvalue weighted by molar-refractivity contribution is 6.12. The standard InChI is InChI=1S/C20H15N3O3/c1-25-15-9-4-8-14(12-15)19-22-23-20(26-19)21-18(24)17-11-5-7-13-6-2-3-10-16(13)17/h2-12H,1H3,(H,21,23,24). The molecule has 6 nitrogen and oxygen atoms in total. The molecule has 0 saturated heterocycles. The number of methoxy groups -OCH3 is 1. The zero-order valence-electron chi connectivity index (χ0n) is 14.0. The Morgan fingerprint density at radius 2 is 1.81 bits per heavy atom. The number of hydrogen-bond donors (Lipinski definition) is 1. The molecule has 26 heavy (non-hydrogen) atoms. The summed E-state index contributed by atoms with van der Waals surface area (Å²) in [5, 5.41) is 12.4. The van der Waals surface area contributed by atoms with Gasteiger partial charge in [0.2, 0.25) is 5.89 Å². The van der Waals surface area contributed by atoms with E-state index in [0.717, 1.165) is 10.8 Å². The van der Waals surface area contributed by atoms with Crippen molar-refractivity contribution in [1.82, 2.24) is 10.2 Å². The van der Waals surface area contributed by atoms with E-state index in [-0.39, 0.29) is 11.9 Å². The molecule has 1 heterocycles. The van der Waals surface area contributed by atoms with E-state index < -0.39 is 0 Å². The van der Waals surface area contributed by atoms with Crippen molar-refractivity contribution in [2.75, 3.05) is 12.4 Å². The Morgan fingerprint density at radius 1 is 1.00 bits per heavy atom. The highest BCUT2D eigenvalue weighted by Crippen LogP contribution is 2.24. The summed E-state index contributed by atoms with van der Waals surface area (Å²) in [6.45, 7) is 0. The maximum absolute atomic E-state index is 12.6. The van der Waals surface area contributed by atoms with E-state index in [0.29, 0.717) is 22.8 Å². The van der Waals surface area contributed by atoms with Crippen LogP contribution in [0.25, 0.3) is 22.2 Å². The van der Waals surface area contributed by atoms with Crippen LogP contribution < -0.4 is 10.1 Å². The van der Waals surface area contributed by atoms with Crippen LogP contribution in [-0.2, 0) is 0 Å². The van der Waals surface area contributed by atoms with E-state index in [9.17, 15) is 4.79 Å². The summed E-state index contributed by atoms with van der Waals surface area (Å²) >= 11 is 0. The Morgan fingerprint density at radius 3 is 2.69 bits per heavy atom. The molecule has 1 amide bonds. The minimum atomic E-state index is -0.303.